The van der Waals surface area contributed by atoms with Gasteiger partial charge in [-0.05, 0) is 23.3 Å². The Morgan fingerprint density at radius 3 is 1.87 bits per heavy atom. The number of nitrogens with zero attached hydrogens (tertiary/aromatic N) is 11. The predicted octanol–water partition coefficient (Wildman–Crippen LogP) is 1.57. The van der Waals surface area contributed by atoms with Gasteiger partial charge in [0.2, 0.25) is 11.8 Å². The fourth-order valence-corrected chi connectivity index (χ4v) is 7.11. The third-order valence-corrected chi connectivity index (χ3v) is 10.3. The van der Waals surface area contributed by atoms with Crippen LogP contribution in [0.1, 0.15) is 30.7 Å². The monoisotopic (exact) mass is 766 g/mol. The van der Waals surface area contributed by atoms with Crippen LogP contribution in [0.4, 0.5) is 11.5 Å². The van der Waals surface area contributed by atoms with Crippen molar-refractivity contribution in [2.24, 2.45) is 4.99 Å². The molecule has 0 saturated heterocycles. The van der Waals surface area contributed by atoms with Crippen LogP contribution >= 0.6 is 22.7 Å². The number of nitrogens with one attached hydrogen (secondary N) is 1. The number of likely N-dealkylation sites (N-methyl/N-ethyl adjacent to an activating group) is 4. The molecule has 0 aliphatic carbocycles. The molecule has 6 rings (SSSR count). The summed E-state index contributed by atoms with van der Waals surface area (Å²) in [6, 6.07) is 5.98. The number of amides is 4. The first-order chi connectivity index (χ1) is 24.5. The number of rotatable bonds is 9. The molecule has 21 heteroatoms. The Balaban J connectivity index is 0.000000207. The van der Waals surface area contributed by atoms with Crippen molar-refractivity contribution in [3.05, 3.63) is 52.0 Å². The second-order valence-corrected chi connectivity index (χ2v) is 15.8. The van der Waals surface area contributed by atoms with Gasteiger partial charge in [-0.15, -0.1) is 0 Å². The minimum absolute atomic E-state index is 0.0186. The van der Waals surface area contributed by atoms with Crippen LogP contribution in [-0.4, -0.2) is 149 Å². The quantitative estimate of drug-likeness (QED) is 0.211. The number of fused-ring (bicyclic) bond motifs is 3. The molecule has 0 atom stereocenters. The Labute approximate surface area is 306 Å². The molecule has 5 aromatic rings. The van der Waals surface area contributed by atoms with E-state index in [1.54, 1.807) is 35.2 Å². The van der Waals surface area contributed by atoms with E-state index in [-0.39, 0.29) is 51.4 Å². The van der Waals surface area contributed by atoms with Gasteiger partial charge in [-0.3, -0.25) is 24.2 Å². The van der Waals surface area contributed by atoms with E-state index < -0.39 is 15.7 Å². The summed E-state index contributed by atoms with van der Waals surface area (Å²) >= 11 is 2.13. The van der Waals surface area contributed by atoms with Crippen molar-refractivity contribution in [3.63, 3.8) is 0 Å². The van der Waals surface area contributed by atoms with E-state index in [4.69, 9.17) is 0 Å². The second kappa shape index (κ2) is 15.4. The maximum absolute atomic E-state index is 12.7. The van der Waals surface area contributed by atoms with Crippen LogP contribution in [-0.2, 0) is 26.0 Å². The van der Waals surface area contributed by atoms with E-state index in [0.29, 0.717) is 27.5 Å². The number of aliphatic imine (C=N–C) groups is 1. The Morgan fingerprint density at radius 2 is 1.31 bits per heavy atom. The Morgan fingerprint density at radius 1 is 0.769 bits per heavy atom. The lowest BCUT2D eigenvalue weighted by molar-refractivity contribution is -0.129. The SMILES string of the molecule is CN(C)C(=O)CN(C)C(=O)c1nc2c(Nc3ccc4c(c3)C=NC4)ncnc2s1.CN(C)C(=O)CN(C)C(=O)c1nc2c(S(C)(=O)=O)ncnc2s1. The number of carbonyl (C=O) groups is 4. The summed E-state index contributed by atoms with van der Waals surface area (Å²) in [5.41, 5.74) is 3.69. The summed E-state index contributed by atoms with van der Waals surface area (Å²) in [5, 5.41) is 3.35. The summed E-state index contributed by atoms with van der Waals surface area (Å²) in [7, 11) is 5.94. The summed E-state index contributed by atoms with van der Waals surface area (Å²) < 4.78 is 23.4. The third kappa shape index (κ3) is 8.49. The number of benzene rings is 1. The van der Waals surface area contributed by atoms with Crippen molar-refractivity contribution >= 4 is 94.6 Å². The molecule has 0 radical (unpaired) electrons. The van der Waals surface area contributed by atoms with Crippen LogP contribution in [0.3, 0.4) is 0 Å². The molecule has 18 nitrogen and oxygen atoms in total. The van der Waals surface area contributed by atoms with Gasteiger partial charge in [0.1, 0.15) is 33.3 Å². The summed E-state index contributed by atoms with van der Waals surface area (Å²) in [5.74, 6) is -0.694. The smallest absolute Gasteiger partial charge is 0.283 e. The van der Waals surface area contributed by atoms with Crippen molar-refractivity contribution in [1.29, 1.82) is 0 Å². The first-order valence-electron chi connectivity index (χ1n) is 15.3. The fraction of sp³-hybridized carbons (Fsp3) is 0.323. The van der Waals surface area contributed by atoms with Crippen molar-refractivity contribution in [1.82, 2.24) is 49.5 Å². The molecular weight excluding hydrogens is 733 g/mol. The molecule has 1 aliphatic heterocycles. The molecule has 5 heterocycles. The zero-order valence-corrected chi connectivity index (χ0v) is 31.6. The van der Waals surface area contributed by atoms with Crippen molar-refractivity contribution in [3.8, 4) is 0 Å². The van der Waals surface area contributed by atoms with E-state index in [1.165, 1.54) is 49.9 Å². The maximum Gasteiger partial charge on any atom is 0.283 e. The number of carbonyl (C=O) groups excluding carboxylic acids is 4. The number of hydrogen-bond donors (Lipinski definition) is 1. The highest BCUT2D eigenvalue weighted by molar-refractivity contribution is 7.90. The standard InChI is InChI=1S/C19H19N7O2S.C12H15N5O4S2/c1-25(2)14(27)9-26(3)19(28)18-24-15-16(21-10-22-17(15)29-18)23-13-5-4-11-7-20-8-12(11)6-13;1-16(2)7(18)5-17(3)12(19)10-15-8-9(22-10)13-6-14-11(8)23(4,20)21/h4-6,8,10H,7,9H2,1-3H3,(H,21,22,23);6H,5H2,1-4H3. The zero-order valence-electron chi connectivity index (χ0n) is 29.2. The van der Waals surface area contributed by atoms with Gasteiger partial charge < -0.3 is 24.9 Å². The van der Waals surface area contributed by atoms with E-state index >= 15 is 0 Å². The van der Waals surface area contributed by atoms with Crippen LogP contribution in [0.25, 0.3) is 20.7 Å². The lowest BCUT2D eigenvalue weighted by atomic mass is 10.1. The molecule has 0 fully saturated rings. The van der Waals surface area contributed by atoms with Gasteiger partial charge in [-0.25, -0.2) is 38.3 Å². The molecular formula is C31H34N12O6S3. The maximum atomic E-state index is 12.7. The first kappa shape index (κ1) is 37.7. The van der Waals surface area contributed by atoms with Gasteiger partial charge in [0.25, 0.3) is 11.8 Å². The van der Waals surface area contributed by atoms with Gasteiger partial charge in [0, 0.05) is 60.4 Å². The molecule has 0 saturated carbocycles. The molecule has 272 valence electrons. The average molecular weight is 767 g/mol. The molecule has 0 bridgehead atoms. The molecule has 0 unspecified atom stereocenters. The van der Waals surface area contributed by atoms with Crippen LogP contribution in [0.15, 0.2) is 40.9 Å². The average Bonchev–Trinajstić information content (AvgIpc) is 3.85. The Bertz CT molecular complexity index is 2340. The molecule has 4 amide bonds. The van der Waals surface area contributed by atoms with Crippen LogP contribution in [0.5, 0.6) is 0 Å². The third-order valence-electron chi connectivity index (χ3n) is 7.41. The van der Waals surface area contributed by atoms with Crippen molar-refractivity contribution < 1.29 is 27.6 Å². The summed E-state index contributed by atoms with van der Waals surface area (Å²) in [6.07, 6.45) is 5.41. The van der Waals surface area contributed by atoms with E-state index in [9.17, 15) is 27.6 Å². The molecule has 1 aliphatic rings. The Hall–Kier alpha value is -5.54. The molecule has 1 aromatic carbocycles. The lowest BCUT2D eigenvalue weighted by Gasteiger charge is -2.17. The number of hydrogen-bond acceptors (Lipinski definition) is 16. The zero-order chi connectivity index (χ0) is 37.9. The van der Waals surface area contributed by atoms with Crippen LogP contribution in [0, 0.1) is 0 Å². The van der Waals surface area contributed by atoms with E-state index in [2.05, 4.69) is 40.2 Å². The Kier molecular flexibility index (Phi) is 11.1. The van der Waals surface area contributed by atoms with Gasteiger partial charge in [0.05, 0.1) is 19.6 Å². The molecule has 1 N–H and O–H groups in total. The molecule has 52 heavy (non-hydrogen) atoms. The van der Waals surface area contributed by atoms with Gasteiger partial charge in [-0.2, -0.15) is 0 Å². The normalized spacial score (nSPS) is 11.8. The minimum Gasteiger partial charge on any atom is -0.347 e. The lowest BCUT2D eigenvalue weighted by Crippen LogP contribution is -2.37. The van der Waals surface area contributed by atoms with Crippen LogP contribution < -0.4 is 5.32 Å². The van der Waals surface area contributed by atoms with Crippen molar-refractivity contribution in [2.75, 3.05) is 66.9 Å². The van der Waals surface area contributed by atoms with Gasteiger partial charge in [-0.1, -0.05) is 28.7 Å². The molecule has 4 aromatic heterocycles. The highest BCUT2D eigenvalue weighted by Gasteiger charge is 2.24. The number of anilines is 2. The number of aromatic nitrogens is 6. The highest BCUT2D eigenvalue weighted by atomic mass is 32.2. The predicted molar refractivity (Wildman–Crippen MR) is 196 cm³/mol. The highest BCUT2D eigenvalue weighted by Crippen LogP contribution is 2.29. The number of thiazole rings is 2. The van der Waals surface area contributed by atoms with Crippen molar-refractivity contribution in [2.45, 2.75) is 11.6 Å². The topological polar surface area (TPSA) is 217 Å². The molecule has 0 spiro atoms. The van der Waals surface area contributed by atoms with Gasteiger partial charge >= 0.3 is 0 Å². The van der Waals surface area contributed by atoms with E-state index in [0.717, 1.165) is 35.2 Å². The number of sulfone groups is 1. The van der Waals surface area contributed by atoms with Gasteiger partial charge in [0.15, 0.2) is 30.7 Å². The second-order valence-electron chi connectivity index (χ2n) is 11.9. The fourth-order valence-electron chi connectivity index (χ4n) is 4.51. The first-order valence-corrected chi connectivity index (χ1v) is 18.8. The minimum atomic E-state index is -3.58. The summed E-state index contributed by atoms with van der Waals surface area (Å²) in [4.78, 5) is 83.8. The summed E-state index contributed by atoms with van der Waals surface area (Å²) in [6.45, 7) is 0.580. The van der Waals surface area contributed by atoms with E-state index in [1.807, 2.05) is 24.4 Å². The van der Waals surface area contributed by atoms with Crippen LogP contribution in [0.2, 0.25) is 0 Å². The largest absolute Gasteiger partial charge is 0.347 e.